The summed E-state index contributed by atoms with van der Waals surface area (Å²) in [6.45, 7) is 0. The first kappa shape index (κ1) is 21.0. The lowest BCUT2D eigenvalue weighted by Crippen LogP contribution is -2.40. The van der Waals surface area contributed by atoms with Gasteiger partial charge in [-0.2, -0.15) is 14.7 Å². The second-order valence-electron chi connectivity index (χ2n) is 5.95. The number of aromatic nitrogens is 4. The van der Waals surface area contributed by atoms with E-state index in [1.165, 1.54) is 0 Å². The van der Waals surface area contributed by atoms with Crippen LogP contribution in [0, 0.1) is 0 Å². The van der Waals surface area contributed by atoms with Gasteiger partial charge >= 0.3 is 20.9 Å². The highest BCUT2D eigenvalue weighted by molar-refractivity contribution is 7.76. The molecule has 1 fully saturated rings. The fourth-order valence-electron chi connectivity index (χ4n) is 2.84. The third kappa shape index (κ3) is 3.52. The van der Waals surface area contributed by atoms with Crippen molar-refractivity contribution in [2.45, 2.75) is 30.0 Å². The number of nitrogen functional groups attached to an aromatic ring is 1. The fraction of sp³-hybridized carbons (Fsp3) is 0.455. The normalized spacial score (nSPS) is 27.2. The average molecular weight is 442 g/mol. The maximum atomic E-state index is 14.5. The van der Waals surface area contributed by atoms with Gasteiger partial charge in [-0.05, 0) is 0 Å². The molecule has 1 saturated heterocycles. The molecule has 5 atom stereocenters. The SMILES string of the molecule is Nc1ncnc2c1ncn2[C@@H]1O[C@H](C(=O)C(P(=O)(O)O)[P+](O)(O)O)C(F)C1O. The lowest BCUT2D eigenvalue weighted by molar-refractivity contribution is -0.132. The minimum Gasteiger partial charge on any atom is -0.385 e. The number of carbonyl (C=O) groups is 1. The molecule has 2 aromatic heterocycles. The summed E-state index contributed by atoms with van der Waals surface area (Å²) in [7, 11) is -11.0. The standard InChI is InChI=1S/C11H14FN5O9P2/c12-3-5(18)10(17-2-16-4-8(13)14-1-15-9(4)17)26-7(3)6(19)11(27(20,21)22)28(23,24)25/h1-3,5,7,10-11,18,20-22H,(H3-,13,14,15,23,24,25)/p+1/t3?,5?,7-,10+,11?/m0/s1. The molecule has 3 unspecified atom stereocenters. The summed E-state index contributed by atoms with van der Waals surface area (Å²) in [5, 5.41) is 7.10. The van der Waals surface area contributed by atoms with Crippen LogP contribution in [0.15, 0.2) is 12.7 Å². The Morgan fingerprint density at radius 2 is 1.96 bits per heavy atom. The fourth-order valence-corrected chi connectivity index (χ4v) is 5.42. The number of rotatable bonds is 5. The van der Waals surface area contributed by atoms with Crippen LogP contribution >= 0.6 is 15.5 Å². The smallest absolute Gasteiger partial charge is 0.385 e. The Balaban J connectivity index is 1.97. The van der Waals surface area contributed by atoms with Crippen molar-refractivity contribution in [1.29, 1.82) is 0 Å². The highest BCUT2D eigenvalue weighted by atomic mass is 31.3. The molecule has 0 aliphatic carbocycles. The number of hydrogen-bond acceptors (Lipinski definition) is 11. The number of alkyl halides is 1. The molecule has 154 valence electrons. The van der Waals surface area contributed by atoms with Gasteiger partial charge in [0.05, 0.1) is 6.33 Å². The van der Waals surface area contributed by atoms with Gasteiger partial charge in [-0.3, -0.25) is 13.9 Å². The number of aliphatic hydroxyl groups is 1. The molecule has 1 aliphatic heterocycles. The largest absolute Gasteiger partial charge is 0.427 e. The van der Waals surface area contributed by atoms with Gasteiger partial charge in [-0.1, -0.05) is 0 Å². The topological polar surface area (TPSA) is 234 Å². The van der Waals surface area contributed by atoms with Crippen LogP contribution in [0.5, 0.6) is 0 Å². The van der Waals surface area contributed by atoms with Gasteiger partial charge in [0.15, 0.2) is 30.0 Å². The second kappa shape index (κ2) is 6.99. The molecule has 1 aliphatic rings. The number of Topliss-reactive ketones (excluding diaryl/α,β-unsaturated/α-hetero) is 1. The van der Waals surface area contributed by atoms with Gasteiger partial charge in [-0.15, -0.1) is 0 Å². The number of ketones is 1. The Hall–Kier alpha value is -1.67. The maximum Gasteiger partial charge on any atom is 0.427 e. The van der Waals surface area contributed by atoms with E-state index in [4.69, 9.17) is 20.3 Å². The van der Waals surface area contributed by atoms with Gasteiger partial charge in [0.1, 0.15) is 17.9 Å². The zero-order valence-electron chi connectivity index (χ0n) is 13.6. The van der Waals surface area contributed by atoms with E-state index in [1.807, 2.05) is 0 Å². The van der Waals surface area contributed by atoms with Gasteiger partial charge < -0.3 is 25.4 Å². The molecule has 17 heteroatoms. The van der Waals surface area contributed by atoms with Crippen LogP contribution in [0.25, 0.3) is 11.2 Å². The third-order valence-electron chi connectivity index (χ3n) is 4.04. The van der Waals surface area contributed by atoms with E-state index >= 15 is 0 Å². The van der Waals surface area contributed by atoms with E-state index in [0.717, 1.165) is 17.2 Å². The summed E-state index contributed by atoms with van der Waals surface area (Å²) in [5.41, 5.74) is 5.71. The van der Waals surface area contributed by atoms with E-state index < -0.39 is 51.3 Å². The van der Waals surface area contributed by atoms with Gasteiger partial charge in [-0.25, -0.2) is 19.3 Å². The lowest BCUT2D eigenvalue weighted by Gasteiger charge is -2.20. The van der Waals surface area contributed by atoms with Crippen molar-refractivity contribution in [3.63, 3.8) is 0 Å². The van der Waals surface area contributed by atoms with Crippen molar-refractivity contribution in [1.82, 2.24) is 19.5 Å². The number of aliphatic hydroxyl groups excluding tert-OH is 1. The zero-order valence-corrected chi connectivity index (χ0v) is 15.4. The molecule has 0 bridgehead atoms. The average Bonchev–Trinajstić information content (AvgIpc) is 3.08. The molecule has 14 nitrogen and oxygen atoms in total. The number of carbonyl (C=O) groups excluding carboxylic acids is 1. The minimum atomic E-state index is -5.61. The van der Waals surface area contributed by atoms with Crippen LogP contribution < -0.4 is 5.73 Å². The van der Waals surface area contributed by atoms with E-state index in [9.17, 15) is 33.5 Å². The maximum absolute atomic E-state index is 14.5. The van der Waals surface area contributed by atoms with E-state index in [-0.39, 0.29) is 17.0 Å². The van der Waals surface area contributed by atoms with Crippen LogP contribution in [-0.4, -0.2) is 78.7 Å². The molecular weight excluding hydrogens is 427 g/mol. The Labute approximate surface area is 155 Å². The van der Waals surface area contributed by atoms with Crippen molar-refractivity contribution in [2.24, 2.45) is 0 Å². The number of halogens is 1. The van der Waals surface area contributed by atoms with E-state index in [1.54, 1.807) is 0 Å². The summed E-state index contributed by atoms with van der Waals surface area (Å²) in [5.74, 6) is -1.85. The molecular formula is C11H15FN5O9P2+. The number of imidazole rings is 1. The number of nitrogens with two attached hydrogens (primary N) is 1. The van der Waals surface area contributed by atoms with Gasteiger partial charge in [0.25, 0.3) is 0 Å². The highest BCUT2D eigenvalue weighted by Crippen LogP contribution is 2.65. The molecule has 8 N–H and O–H groups in total. The first-order valence-electron chi connectivity index (χ1n) is 7.40. The molecule has 0 saturated carbocycles. The molecule has 0 radical (unpaired) electrons. The molecule has 28 heavy (non-hydrogen) atoms. The minimum absolute atomic E-state index is 0.0108. The van der Waals surface area contributed by atoms with Gasteiger partial charge in [0.2, 0.25) is 5.78 Å². The summed E-state index contributed by atoms with van der Waals surface area (Å²) in [4.78, 5) is 69.8. The Kier molecular flexibility index (Phi) is 5.25. The van der Waals surface area contributed by atoms with Gasteiger partial charge in [0, 0.05) is 0 Å². The van der Waals surface area contributed by atoms with Crippen molar-refractivity contribution >= 4 is 38.3 Å². The molecule has 3 heterocycles. The molecule has 3 rings (SSSR count). The van der Waals surface area contributed by atoms with Crippen LogP contribution in [0.1, 0.15) is 6.23 Å². The van der Waals surface area contributed by atoms with Crippen molar-refractivity contribution in [2.75, 3.05) is 5.73 Å². The van der Waals surface area contributed by atoms with Crippen LogP contribution in [0.4, 0.5) is 10.2 Å². The predicted molar refractivity (Wildman–Crippen MR) is 89.0 cm³/mol. The number of fused-ring (bicyclic) bond motifs is 1. The summed E-state index contributed by atoms with van der Waals surface area (Å²) >= 11 is 0. The highest BCUT2D eigenvalue weighted by Gasteiger charge is 2.64. The number of anilines is 1. The Bertz CT molecular complexity index is 962. The molecule has 0 spiro atoms. The van der Waals surface area contributed by atoms with Crippen molar-refractivity contribution in [3.05, 3.63) is 12.7 Å². The molecule has 0 aromatic carbocycles. The summed E-state index contributed by atoms with van der Waals surface area (Å²) in [6, 6.07) is 0. The van der Waals surface area contributed by atoms with Crippen LogP contribution in [-0.2, 0) is 14.1 Å². The third-order valence-corrected chi connectivity index (χ3v) is 7.67. The molecule has 2 aromatic rings. The summed E-state index contributed by atoms with van der Waals surface area (Å²) < 4.78 is 32.1. The quantitative estimate of drug-likeness (QED) is 0.244. The number of ether oxygens (including phenoxy) is 1. The monoisotopic (exact) mass is 442 g/mol. The summed E-state index contributed by atoms with van der Waals surface area (Å²) in [6.07, 6.45) is -6.37. The van der Waals surface area contributed by atoms with Crippen LogP contribution in [0.2, 0.25) is 0 Å². The van der Waals surface area contributed by atoms with Crippen molar-refractivity contribution < 1.29 is 48.1 Å². The van der Waals surface area contributed by atoms with Crippen LogP contribution in [0.3, 0.4) is 0 Å². The first-order valence-corrected chi connectivity index (χ1v) is 10.8. The number of nitrogens with zero attached hydrogens (tertiary/aromatic N) is 4. The molecule has 0 amide bonds. The first-order chi connectivity index (χ1) is 12.8. The predicted octanol–water partition coefficient (Wildman–Crippen LogP) is -2.18. The second-order valence-corrected chi connectivity index (χ2v) is 9.79. The van der Waals surface area contributed by atoms with E-state index in [2.05, 4.69) is 15.0 Å². The van der Waals surface area contributed by atoms with E-state index in [0.29, 0.717) is 0 Å². The Morgan fingerprint density at radius 1 is 1.32 bits per heavy atom. The Morgan fingerprint density at radius 3 is 2.54 bits per heavy atom. The zero-order chi connectivity index (χ0) is 21.0. The lowest BCUT2D eigenvalue weighted by atomic mass is 10.1. The number of hydrogen-bond donors (Lipinski definition) is 7. The van der Waals surface area contributed by atoms with Crippen molar-refractivity contribution in [3.8, 4) is 0 Å².